The quantitative estimate of drug-likeness (QED) is 0.146. The van der Waals surface area contributed by atoms with Crippen LogP contribution in [0.3, 0.4) is 0 Å². The van der Waals surface area contributed by atoms with Crippen LogP contribution in [-0.4, -0.2) is 108 Å². The number of carbonyl (C=O) groups is 1. The summed E-state index contributed by atoms with van der Waals surface area (Å²) in [5.74, 6) is 0.687. The van der Waals surface area contributed by atoms with Crippen molar-refractivity contribution < 1.29 is 32.9 Å². The molecule has 4 aromatic rings. The minimum Gasteiger partial charge on any atom is -0.468 e. The van der Waals surface area contributed by atoms with Crippen molar-refractivity contribution in [2.75, 3.05) is 45.0 Å². The summed E-state index contributed by atoms with van der Waals surface area (Å²) in [7, 11) is 1.55. The van der Waals surface area contributed by atoms with E-state index in [0.717, 1.165) is 55.8 Å². The summed E-state index contributed by atoms with van der Waals surface area (Å²) in [4.78, 5) is 29.8. The van der Waals surface area contributed by atoms with E-state index in [4.69, 9.17) is 45.3 Å². The molecule has 0 radical (unpaired) electrons. The SMILES string of the molecule is COCOc1cc(-c2c(Cl)cc3c(N4CC5CCC(C4)N5C(=O)OC(C)(C)C)nc(OC[C@H](C)CN4C5CC6CC4CC(C5)O6)nc3c2F)c2ccccc2c1. The second kappa shape index (κ2) is 14.8. The number of piperidine rings is 2. The molecule has 6 fully saturated rings. The molecule has 13 heteroatoms. The van der Waals surface area contributed by atoms with E-state index in [9.17, 15) is 4.79 Å². The Morgan fingerprint density at radius 2 is 1.66 bits per heavy atom. The fourth-order valence-corrected chi connectivity index (χ4v) is 10.3. The topological polar surface area (TPSA) is 98.7 Å². The molecule has 0 spiro atoms. The molecular weight excluding hydrogens is 737 g/mol. The van der Waals surface area contributed by atoms with Gasteiger partial charge < -0.3 is 28.6 Å². The van der Waals surface area contributed by atoms with Gasteiger partial charge in [-0.2, -0.15) is 9.97 Å². The average Bonchev–Trinajstić information content (AvgIpc) is 3.42. The molecule has 6 aliphatic heterocycles. The van der Waals surface area contributed by atoms with E-state index in [2.05, 4.69) is 16.7 Å². The molecule has 6 saturated heterocycles. The number of piperazine rings is 1. The van der Waals surface area contributed by atoms with Gasteiger partial charge in [0.05, 0.1) is 35.9 Å². The number of methoxy groups -OCH3 is 1. The molecule has 298 valence electrons. The van der Waals surface area contributed by atoms with Gasteiger partial charge in [0, 0.05) is 55.7 Å². The molecule has 3 aromatic carbocycles. The monoisotopic (exact) mass is 787 g/mol. The van der Waals surface area contributed by atoms with Crippen molar-refractivity contribution >= 4 is 45.2 Å². The maximum Gasteiger partial charge on any atom is 0.410 e. The second-order valence-electron chi connectivity index (χ2n) is 17.4. The van der Waals surface area contributed by atoms with E-state index in [1.54, 1.807) is 19.2 Å². The van der Waals surface area contributed by atoms with E-state index in [1.165, 1.54) is 0 Å². The molecule has 7 heterocycles. The van der Waals surface area contributed by atoms with Crippen molar-refractivity contribution in [3.63, 3.8) is 0 Å². The Morgan fingerprint density at radius 1 is 0.964 bits per heavy atom. The fraction of sp³-hybridized carbons (Fsp3) is 0.558. The molecule has 6 bridgehead atoms. The third-order valence-corrected chi connectivity index (χ3v) is 12.5. The van der Waals surface area contributed by atoms with Crippen LogP contribution in [-0.2, 0) is 14.2 Å². The molecule has 1 aromatic heterocycles. The first-order valence-electron chi connectivity index (χ1n) is 20.1. The Labute approximate surface area is 332 Å². The first kappa shape index (κ1) is 37.6. The van der Waals surface area contributed by atoms with Crippen LogP contribution in [0.2, 0.25) is 5.02 Å². The van der Waals surface area contributed by atoms with Crippen LogP contribution < -0.4 is 14.4 Å². The van der Waals surface area contributed by atoms with Gasteiger partial charge in [0.1, 0.15) is 22.7 Å². The van der Waals surface area contributed by atoms with Gasteiger partial charge in [0.2, 0.25) is 0 Å². The molecule has 56 heavy (non-hydrogen) atoms. The van der Waals surface area contributed by atoms with Gasteiger partial charge in [0.15, 0.2) is 12.6 Å². The Balaban J connectivity index is 1.07. The maximum atomic E-state index is 17.4. The van der Waals surface area contributed by atoms with Crippen LogP contribution in [0.15, 0.2) is 42.5 Å². The highest BCUT2D eigenvalue weighted by Crippen LogP contribution is 2.45. The summed E-state index contributed by atoms with van der Waals surface area (Å²) < 4.78 is 46.8. The smallest absolute Gasteiger partial charge is 0.410 e. The number of halogens is 2. The lowest BCUT2D eigenvalue weighted by molar-refractivity contribution is -0.184. The Morgan fingerprint density at radius 3 is 2.34 bits per heavy atom. The highest BCUT2D eigenvalue weighted by molar-refractivity contribution is 6.35. The molecule has 10 rings (SSSR count). The molecule has 0 saturated carbocycles. The zero-order chi connectivity index (χ0) is 38.9. The molecule has 11 nitrogen and oxygen atoms in total. The van der Waals surface area contributed by atoms with E-state index in [1.807, 2.05) is 56.0 Å². The molecule has 0 aliphatic carbocycles. The summed E-state index contributed by atoms with van der Waals surface area (Å²) in [6.45, 7) is 10.2. The van der Waals surface area contributed by atoms with Crippen molar-refractivity contribution in [2.45, 2.75) is 108 Å². The largest absolute Gasteiger partial charge is 0.468 e. The number of hydrogen-bond acceptors (Lipinski definition) is 10. The number of anilines is 1. The molecule has 0 N–H and O–H groups in total. The zero-order valence-electron chi connectivity index (χ0n) is 32.8. The van der Waals surface area contributed by atoms with Gasteiger partial charge in [-0.3, -0.25) is 9.80 Å². The van der Waals surface area contributed by atoms with Crippen LogP contribution in [0.25, 0.3) is 32.8 Å². The minimum atomic E-state index is -0.603. The van der Waals surface area contributed by atoms with Crippen molar-refractivity contribution in [2.24, 2.45) is 5.92 Å². The Bertz CT molecular complexity index is 2110. The molecular formula is C43H51ClFN5O6. The van der Waals surface area contributed by atoms with Crippen LogP contribution in [0.4, 0.5) is 15.0 Å². The number of fused-ring (bicyclic) bond motifs is 4. The number of amides is 1. The lowest BCUT2D eigenvalue weighted by Crippen LogP contribution is -2.63. The van der Waals surface area contributed by atoms with Crippen LogP contribution in [0.1, 0.15) is 66.2 Å². The van der Waals surface area contributed by atoms with Crippen molar-refractivity contribution in [1.82, 2.24) is 19.8 Å². The Kier molecular flexibility index (Phi) is 9.91. The van der Waals surface area contributed by atoms with Crippen LogP contribution in [0.5, 0.6) is 11.8 Å². The maximum absolute atomic E-state index is 17.4. The predicted octanol–water partition coefficient (Wildman–Crippen LogP) is 8.22. The van der Waals surface area contributed by atoms with Gasteiger partial charge in [-0.25, -0.2) is 9.18 Å². The summed E-state index contributed by atoms with van der Waals surface area (Å²) in [5, 5.41) is 2.40. The number of aromatic nitrogens is 2. The minimum absolute atomic E-state index is 0.0408. The van der Waals surface area contributed by atoms with Crippen LogP contribution in [0, 0.1) is 11.7 Å². The second-order valence-corrected chi connectivity index (χ2v) is 17.8. The van der Waals surface area contributed by atoms with Gasteiger partial charge >= 0.3 is 12.1 Å². The highest BCUT2D eigenvalue weighted by atomic mass is 35.5. The standard InChI is InChI=1S/C43H51ClFN5O6/c1-24(19-49-28-13-31-15-29(49)16-32(14-28)55-31)22-53-41-46-39-35(40(47-41)48-20-26-10-11-27(21-48)50(26)42(51)56-43(2,3)4)18-36(44)37(38(39)45)34-17-30(54-23-52-5)12-25-8-6-7-9-33(25)34/h6-9,12,17-18,24,26-29,31-32H,10-11,13-16,19-23H2,1-5H3/t24-,26?,27?,28?,29?,31?,32?/m1/s1. The number of benzene rings is 3. The summed E-state index contributed by atoms with van der Waals surface area (Å²) in [6, 6.07) is 14.3. The molecule has 1 amide bonds. The van der Waals surface area contributed by atoms with Crippen molar-refractivity contribution in [1.29, 1.82) is 0 Å². The Hall–Kier alpha value is -3.97. The number of rotatable bonds is 10. The number of hydrogen-bond donors (Lipinski definition) is 0. The van der Waals surface area contributed by atoms with E-state index in [-0.39, 0.29) is 53.0 Å². The van der Waals surface area contributed by atoms with Gasteiger partial charge in [-0.05, 0) is 93.8 Å². The summed E-state index contributed by atoms with van der Waals surface area (Å²) >= 11 is 7.10. The number of ether oxygens (including phenoxy) is 5. The number of carbonyl (C=O) groups excluding carboxylic acids is 1. The summed E-state index contributed by atoms with van der Waals surface area (Å²) in [6.07, 6.45) is 6.57. The molecule has 3 atom stereocenters. The molecule has 6 aliphatic rings. The summed E-state index contributed by atoms with van der Waals surface area (Å²) in [5.41, 5.74) is 0.314. The van der Waals surface area contributed by atoms with Gasteiger partial charge in [0.25, 0.3) is 0 Å². The normalized spacial score (nSPS) is 26.3. The lowest BCUT2D eigenvalue weighted by atomic mass is 9.77. The predicted molar refractivity (Wildman–Crippen MR) is 213 cm³/mol. The van der Waals surface area contributed by atoms with Gasteiger partial charge in [-0.1, -0.05) is 42.8 Å². The fourth-order valence-electron chi connectivity index (χ4n) is 9.96. The zero-order valence-corrected chi connectivity index (χ0v) is 33.6. The van der Waals surface area contributed by atoms with Gasteiger partial charge in [-0.15, -0.1) is 0 Å². The van der Waals surface area contributed by atoms with Crippen molar-refractivity contribution in [3.8, 4) is 22.9 Å². The van der Waals surface area contributed by atoms with Crippen molar-refractivity contribution in [3.05, 3.63) is 53.3 Å². The molecule has 2 unspecified atom stereocenters. The third-order valence-electron chi connectivity index (χ3n) is 12.2. The van der Waals surface area contributed by atoms with E-state index >= 15 is 4.39 Å². The third kappa shape index (κ3) is 7.11. The number of nitrogens with zero attached hydrogens (tertiary/aromatic N) is 5. The van der Waals surface area contributed by atoms with Crippen LogP contribution >= 0.6 is 11.6 Å². The van der Waals surface area contributed by atoms with E-state index in [0.29, 0.717) is 66.5 Å². The first-order valence-corrected chi connectivity index (χ1v) is 20.4. The lowest BCUT2D eigenvalue weighted by Gasteiger charge is -2.56. The highest BCUT2D eigenvalue weighted by Gasteiger charge is 2.48. The average molecular weight is 788 g/mol. The van der Waals surface area contributed by atoms with E-state index < -0.39 is 11.4 Å². The first-order chi connectivity index (χ1) is 26.9.